The van der Waals surface area contributed by atoms with Crippen LogP contribution in [0.4, 0.5) is 5.82 Å². The maximum atomic E-state index is 11.8. The van der Waals surface area contributed by atoms with Gasteiger partial charge in [-0.3, -0.25) is 9.78 Å². The Morgan fingerprint density at radius 3 is 2.85 bits per heavy atom. The molecule has 144 valence electrons. The van der Waals surface area contributed by atoms with Crippen LogP contribution in [0.25, 0.3) is 11.5 Å². The fraction of sp³-hybridized carbons (Fsp3) is 0.500. The number of hydrogen-bond acceptors (Lipinski definition) is 6. The number of fused-ring (bicyclic) bond motifs is 1. The average Bonchev–Trinajstić information content (AvgIpc) is 2.70. The van der Waals surface area contributed by atoms with Crippen molar-refractivity contribution in [3.63, 3.8) is 0 Å². The predicted molar refractivity (Wildman–Crippen MR) is 104 cm³/mol. The van der Waals surface area contributed by atoms with E-state index in [4.69, 9.17) is 14.7 Å². The molecule has 2 aromatic heterocycles. The number of nitrogens with one attached hydrogen (secondary N) is 1. The van der Waals surface area contributed by atoms with Gasteiger partial charge < -0.3 is 15.0 Å². The third-order valence-corrected chi connectivity index (χ3v) is 4.76. The summed E-state index contributed by atoms with van der Waals surface area (Å²) in [7, 11) is 0. The molecule has 0 aliphatic carbocycles. The third kappa shape index (κ3) is 4.60. The molecule has 2 aromatic rings. The minimum Gasteiger partial charge on any atom is -0.377 e. The van der Waals surface area contributed by atoms with E-state index in [1.165, 1.54) is 0 Å². The summed E-state index contributed by atoms with van der Waals surface area (Å²) >= 11 is 0. The average molecular weight is 369 g/mol. The fourth-order valence-electron chi connectivity index (χ4n) is 3.22. The van der Waals surface area contributed by atoms with E-state index in [9.17, 15) is 4.79 Å². The van der Waals surface area contributed by atoms with Crippen molar-refractivity contribution in [2.75, 3.05) is 25.0 Å². The molecule has 0 radical (unpaired) electrons. The van der Waals surface area contributed by atoms with E-state index in [2.05, 4.69) is 17.2 Å². The van der Waals surface area contributed by atoms with Crippen molar-refractivity contribution in [1.82, 2.24) is 19.9 Å². The Hall–Kier alpha value is -2.54. The van der Waals surface area contributed by atoms with Crippen LogP contribution < -0.4 is 5.32 Å². The molecular weight excluding hydrogens is 342 g/mol. The minimum absolute atomic E-state index is 0.0653. The number of ether oxygens (including phenoxy) is 1. The highest BCUT2D eigenvalue weighted by atomic mass is 16.5. The monoisotopic (exact) mass is 369 g/mol. The van der Waals surface area contributed by atoms with Crippen molar-refractivity contribution < 1.29 is 9.53 Å². The maximum Gasteiger partial charge on any atom is 0.219 e. The van der Waals surface area contributed by atoms with Gasteiger partial charge in [0.25, 0.3) is 0 Å². The quantitative estimate of drug-likeness (QED) is 0.808. The van der Waals surface area contributed by atoms with Gasteiger partial charge in [-0.1, -0.05) is 13.0 Å². The van der Waals surface area contributed by atoms with Crippen LogP contribution in [-0.4, -0.2) is 51.6 Å². The number of aromatic nitrogens is 3. The van der Waals surface area contributed by atoms with Crippen molar-refractivity contribution >= 4 is 11.7 Å². The van der Waals surface area contributed by atoms with Gasteiger partial charge in [0.2, 0.25) is 5.91 Å². The molecule has 7 heteroatoms. The van der Waals surface area contributed by atoms with Crippen molar-refractivity contribution in [1.29, 1.82) is 0 Å². The Bertz CT molecular complexity index is 781. The van der Waals surface area contributed by atoms with E-state index >= 15 is 0 Å². The number of anilines is 1. The fourth-order valence-corrected chi connectivity index (χ4v) is 3.22. The minimum atomic E-state index is 0.0653. The largest absolute Gasteiger partial charge is 0.377 e. The molecule has 7 nitrogen and oxygen atoms in total. The van der Waals surface area contributed by atoms with Crippen LogP contribution in [0.5, 0.6) is 0 Å². The third-order valence-electron chi connectivity index (χ3n) is 4.76. The van der Waals surface area contributed by atoms with E-state index in [1.54, 1.807) is 13.1 Å². The van der Waals surface area contributed by atoms with E-state index < -0.39 is 0 Å². The zero-order valence-electron chi connectivity index (χ0n) is 16.2. The van der Waals surface area contributed by atoms with Crippen LogP contribution in [0.2, 0.25) is 0 Å². The molecule has 3 heterocycles. The molecule has 0 fully saturated rings. The molecule has 1 aliphatic rings. The van der Waals surface area contributed by atoms with E-state index in [0.29, 0.717) is 32.1 Å². The molecule has 0 bridgehead atoms. The highest BCUT2D eigenvalue weighted by Gasteiger charge is 2.24. The summed E-state index contributed by atoms with van der Waals surface area (Å²) in [6.07, 6.45) is 3.54. The van der Waals surface area contributed by atoms with E-state index in [1.807, 2.05) is 30.0 Å². The van der Waals surface area contributed by atoms with Gasteiger partial charge >= 0.3 is 0 Å². The highest BCUT2D eigenvalue weighted by molar-refractivity contribution is 5.74. The molecule has 0 saturated carbocycles. The zero-order chi connectivity index (χ0) is 19.2. The van der Waals surface area contributed by atoms with Crippen LogP contribution in [-0.2, 0) is 22.5 Å². The van der Waals surface area contributed by atoms with Gasteiger partial charge in [-0.25, -0.2) is 9.97 Å². The molecule has 1 amide bonds. The van der Waals surface area contributed by atoms with E-state index in [0.717, 1.165) is 35.6 Å². The lowest BCUT2D eigenvalue weighted by molar-refractivity contribution is -0.129. The molecule has 27 heavy (non-hydrogen) atoms. The SMILES string of the molecule is CCO[C@H](CC)CNc1nc(-c2ccccn2)nc2c1CCN(C(C)=O)C2. The summed E-state index contributed by atoms with van der Waals surface area (Å²) in [5.41, 5.74) is 2.69. The number of amides is 1. The lowest BCUT2D eigenvalue weighted by Crippen LogP contribution is -2.36. The summed E-state index contributed by atoms with van der Waals surface area (Å²) in [5.74, 6) is 1.46. The van der Waals surface area contributed by atoms with Crippen molar-refractivity contribution in [3.8, 4) is 11.5 Å². The smallest absolute Gasteiger partial charge is 0.219 e. The highest BCUT2D eigenvalue weighted by Crippen LogP contribution is 2.26. The first-order valence-corrected chi connectivity index (χ1v) is 9.54. The predicted octanol–water partition coefficient (Wildman–Crippen LogP) is 2.67. The second-order valence-corrected chi connectivity index (χ2v) is 6.59. The molecule has 1 aliphatic heterocycles. The Kier molecular flexibility index (Phi) is 6.34. The van der Waals surface area contributed by atoms with Gasteiger partial charge in [0.15, 0.2) is 5.82 Å². The number of carbonyl (C=O) groups excluding carboxylic acids is 1. The standard InChI is InChI=1S/C20H27N5O2/c1-4-15(27-5-2)12-22-19-16-9-11-25(14(3)26)13-18(16)23-20(24-19)17-8-6-7-10-21-17/h6-8,10,15H,4-5,9,11-13H2,1-3H3,(H,22,23,24)/t15-/m1/s1. The number of carbonyl (C=O) groups is 1. The Morgan fingerprint density at radius 1 is 1.33 bits per heavy atom. The summed E-state index contributed by atoms with van der Waals surface area (Å²) in [6, 6.07) is 5.68. The van der Waals surface area contributed by atoms with Crippen LogP contribution in [0.1, 0.15) is 38.4 Å². The first-order valence-electron chi connectivity index (χ1n) is 9.54. The van der Waals surface area contributed by atoms with Gasteiger partial charge in [0, 0.05) is 38.4 Å². The van der Waals surface area contributed by atoms with Crippen LogP contribution >= 0.6 is 0 Å². The lowest BCUT2D eigenvalue weighted by Gasteiger charge is -2.29. The second-order valence-electron chi connectivity index (χ2n) is 6.59. The number of nitrogens with zero attached hydrogens (tertiary/aromatic N) is 4. The van der Waals surface area contributed by atoms with Crippen molar-refractivity contribution in [2.24, 2.45) is 0 Å². The van der Waals surface area contributed by atoms with Gasteiger partial charge in [-0.05, 0) is 31.9 Å². The Morgan fingerprint density at radius 2 is 2.19 bits per heavy atom. The lowest BCUT2D eigenvalue weighted by atomic mass is 10.0. The number of pyridine rings is 1. The van der Waals surface area contributed by atoms with Crippen LogP contribution in [0, 0.1) is 0 Å². The topological polar surface area (TPSA) is 80.2 Å². The second kappa shape index (κ2) is 8.90. The Labute approximate surface area is 160 Å². The van der Waals surface area contributed by atoms with Gasteiger partial charge in [-0.2, -0.15) is 0 Å². The molecule has 0 aromatic carbocycles. The summed E-state index contributed by atoms with van der Waals surface area (Å²) in [6.45, 7) is 8.28. The van der Waals surface area contributed by atoms with Gasteiger partial charge in [0.1, 0.15) is 11.5 Å². The molecule has 0 unspecified atom stereocenters. The summed E-state index contributed by atoms with van der Waals surface area (Å²) < 4.78 is 5.75. The van der Waals surface area contributed by atoms with E-state index in [-0.39, 0.29) is 12.0 Å². The van der Waals surface area contributed by atoms with Gasteiger partial charge in [-0.15, -0.1) is 0 Å². The molecule has 0 saturated heterocycles. The number of hydrogen-bond donors (Lipinski definition) is 1. The molecule has 3 rings (SSSR count). The van der Waals surface area contributed by atoms with Crippen molar-refractivity contribution in [2.45, 2.75) is 46.3 Å². The van der Waals surface area contributed by atoms with Crippen LogP contribution in [0.15, 0.2) is 24.4 Å². The first kappa shape index (κ1) is 19.2. The molecular formula is C20H27N5O2. The molecule has 1 atom stereocenters. The van der Waals surface area contributed by atoms with Crippen LogP contribution in [0.3, 0.4) is 0 Å². The zero-order valence-corrected chi connectivity index (χ0v) is 16.2. The Balaban J connectivity index is 1.93. The summed E-state index contributed by atoms with van der Waals surface area (Å²) in [5, 5.41) is 3.46. The molecule has 1 N–H and O–H groups in total. The first-order chi connectivity index (χ1) is 13.1. The number of rotatable bonds is 7. The normalized spacial score (nSPS) is 14.6. The van der Waals surface area contributed by atoms with Gasteiger partial charge in [0.05, 0.1) is 18.3 Å². The molecule has 0 spiro atoms. The summed E-state index contributed by atoms with van der Waals surface area (Å²) in [4.78, 5) is 27.5. The maximum absolute atomic E-state index is 11.8. The van der Waals surface area contributed by atoms with Crippen molar-refractivity contribution in [3.05, 3.63) is 35.7 Å².